The molecule has 2 N–H and O–H groups in total. The van der Waals surface area contributed by atoms with E-state index in [1.165, 1.54) is 6.07 Å². The molecule has 1 aromatic rings. The standard InChI is InChI=1S/C13H16BrNO4/c1-8(2)15-11(16)6-7-19-12-9(13(17)18)4-3-5-10(12)14/h3-5,8H,6-7H2,1-2H3,(H,15,16)(H,17,18). The highest BCUT2D eigenvalue weighted by Crippen LogP contribution is 2.29. The topological polar surface area (TPSA) is 75.6 Å². The van der Waals surface area contributed by atoms with Gasteiger partial charge in [-0.2, -0.15) is 0 Å². The predicted octanol–water partition coefficient (Wildman–Crippen LogP) is 2.44. The number of aromatic carboxylic acids is 1. The zero-order valence-corrected chi connectivity index (χ0v) is 12.4. The Morgan fingerprint density at radius 3 is 2.68 bits per heavy atom. The summed E-state index contributed by atoms with van der Waals surface area (Å²) in [6.45, 7) is 3.87. The van der Waals surface area contributed by atoms with Crippen LogP contribution >= 0.6 is 15.9 Å². The van der Waals surface area contributed by atoms with Gasteiger partial charge in [0.05, 0.1) is 17.5 Å². The quantitative estimate of drug-likeness (QED) is 0.840. The fourth-order valence-corrected chi connectivity index (χ4v) is 1.94. The Kier molecular flexibility index (Phi) is 5.82. The van der Waals surface area contributed by atoms with Crippen LogP contribution in [-0.2, 0) is 4.79 Å². The number of carboxylic acid groups (broad SMARTS) is 1. The third kappa shape index (κ3) is 4.90. The van der Waals surface area contributed by atoms with Gasteiger partial charge in [-0.15, -0.1) is 0 Å². The molecular weight excluding hydrogens is 314 g/mol. The SMILES string of the molecule is CC(C)NC(=O)CCOc1c(Br)cccc1C(=O)O. The fraction of sp³-hybridized carbons (Fsp3) is 0.385. The summed E-state index contributed by atoms with van der Waals surface area (Å²) < 4.78 is 5.95. The van der Waals surface area contributed by atoms with Gasteiger partial charge in [-0.1, -0.05) is 6.07 Å². The van der Waals surface area contributed by atoms with E-state index < -0.39 is 5.97 Å². The van der Waals surface area contributed by atoms with Gasteiger partial charge in [0.2, 0.25) is 5.91 Å². The number of nitrogens with one attached hydrogen (secondary N) is 1. The lowest BCUT2D eigenvalue weighted by molar-refractivity contribution is -0.122. The second-order valence-corrected chi connectivity index (χ2v) is 5.10. The van der Waals surface area contributed by atoms with E-state index in [1.54, 1.807) is 12.1 Å². The molecule has 0 atom stereocenters. The summed E-state index contributed by atoms with van der Waals surface area (Å²) in [5, 5.41) is 11.8. The first-order valence-corrected chi connectivity index (χ1v) is 6.65. The van der Waals surface area contributed by atoms with Crippen molar-refractivity contribution in [2.75, 3.05) is 6.61 Å². The van der Waals surface area contributed by atoms with E-state index >= 15 is 0 Å². The Labute approximate surface area is 120 Å². The molecule has 1 aromatic carbocycles. The summed E-state index contributed by atoms with van der Waals surface area (Å²) in [7, 11) is 0. The molecule has 0 radical (unpaired) electrons. The summed E-state index contributed by atoms with van der Waals surface area (Å²) in [5.74, 6) is -0.950. The van der Waals surface area contributed by atoms with E-state index in [0.29, 0.717) is 4.47 Å². The number of hydrogen-bond acceptors (Lipinski definition) is 3. The van der Waals surface area contributed by atoms with Crippen LogP contribution in [0, 0.1) is 0 Å². The molecule has 0 aromatic heterocycles. The highest BCUT2D eigenvalue weighted by molar-refractivity contribution is 9.10. The first kappa shape index (κ1) is 15.5. The van der Waals surface area contributed by atoms with E-state index in [1.807, 2.05) is 13.8 Å². The van der Waals surface area contributed by atoms with Crippen molar-refractivity contribution >= 4 is 27.8 Å². The molecule has 0 bridgehead atoms. The van der Waals surface area contributed by atoms with Crippen LogP contribution < -0.4 is 10.1 Å². The summed E-state index contributed by atoms with van der Waals surface area (Å²) in [4.78, 5) is 22.5. The van der Waals surface area contributed by atoms with Crippen LogP contribution in [0.4, 0.5) is 0 Å². The minimum Gasteiger partial charge on any atom is -0.491 e. The van der Waals surface area contributed by atoms with Gasteiger partial charge in [0.15, 0.2) is 0 Å². The number of para-hydroxylation sites is 1. The molecular formula is C13H16BrNO4. The average molecular weight is 330 g/mol. The van der Waals surface area contributed by atoms with Gasteiger partial charge >= 0.3 is 5.97 Å². The van der Waals surface area contributed by atoms with Gasteiger partial charge in [-0.3, -0.25) is 4.79 Å². The van der Waals surface area contributed by atoms with Crippen molar-refractivity contribution in [2.45, 2.75) is 26.3 Å². The summed E-state index contributed by atoms with van der Waals surface area (Å²) in [6.07, 6.45) is 0.179. The lowest BCUT2D eigenvalue weighted by atomic mass is 10.2. The van der Waals surface area contributed by atoms with Crippen LogP contribution in [0.25, 0.3) is 0 Å². The molecule has 5 nitrogen and oxygen atoms in total. The number of rotatable bonds is 6. The second kappa shape index (κ2) is 7.13. The van der Waals surface area contributed by atoms with Gasteiger partial charge in [-0.05, 0) is 41.9 Å². The van der Waals surface area contributed by atoms with Crippen LogP contribution in [0.2, 0.25) is 0 Å². The number of hydrogen-bond donors (Lipinski definition) is 2. The monoisotopic (exact) mass is 329 g/mol. The van der Waals surface area contributed by atoms with Crippen molar-refractivity contribution in [1.29, 1.82) is 0 Å². The molecule has 0 aliphatic heterocycles. The molecule has 0 saturated carbocycles. The normalized spacial score (nSPS) is 10.3. The van der Waals surface area contributed by atoms with Crippen molar-refractivity contribution in [2.24, 2.45) is 0 Å². The van der Waals surface area contributed by atoms with Crippen LogP contribution in [0.15, 0.2) is 22.7 Å². The Morgan fingerprint density at radius 1 is 1.42 bits per heavy atom. The van der Waals surface area contributed by atoms with Gasteiger partial charge in [0.25, 0.3) is 0 Å². The first-order chi connectivity index (χ1) is 8.91. The zero-order chi connectivity index (χ0) is 14.4. The Morgan fingerprint density at radius 2 is 2.11 bits per heavy atom. The Bertz CT molecular complexity index is 474. The second-order valence-electron chi connectivity index (χ2n) is 4.24. The van der Waals surface area contributed by atoms with Crippen LogP contribution in [0.3, 0.4) is 0 Å². The molecule has 0 unspecified atom stereocenters. The molecule has 6 heteroatoms. The molecule has 1 amide bonds. The number of carboxylic acids is 1. The Balaban J connectivity index is 2.63. The van der Waals surface area contributed by atoms with Crippen LogP contribution in [-0.4, -0.2) is 29.6 Å². The fourth-order valence-electron chi connectivity index (χ4n) is 1.46. The summed E-state index contributed by atoms with van der Waals surface area (Å²) in [5.41, 5.74) is 0.0682. The highest BCUT2D eigenvalue weighted by atomic mass is 79.9. The van der Waals surface area contributed by atoms with E-state index in [9.17, 15) is 9.59 Å². The average Bonchev–Trinajstić information content (AvgIpc) is 2.29. The van der Waals surface area contributed by atoms with Crippen molar-refractivity contribution < 1.29 is 19.4 Å². The minimum atomic E-state index is -1.07. The van der Waals surface area contributed by atoms with Crippen molar-refractivity contribution in [3.63, 3.8) is 0 Å². The number of benzene rings is 1. The number of ether oxygens (including phenoxy) is 1. The molecule has 0 fully saturated rings. The molecule has 0 heterocycles. The predicted molar refractivity (Wildman–Crippen MR) is 74.5 cm³/mol. The summed E-state index contributed by atoms with van der Waals surface area (Å²) >= 11 is 3.23. The third-order valence-corrected chi connectivity index (χ3v) is 2.85. The molecule has 1 rings (SSSR count). The molecule has 0 saturated heterocycles. The number of amides is 1. The maximum Gasteiger partial charge on any atom is 0.339 e. The van der Waals surface area contributed by atoms with Gasteiger partial charge in [-0.25, -0.2) is 4.79 Å². The smallest absolute Gasteiger partial charge is 0.339 e. The summed E-state index contributed by atoms with van der Waals surface area (Å²) in [6, 6.07) is 4.84. The van der Waals surface area contributed by atoms with E-state index in [-0.39, 0.29) is 36.3 Å². The van der Waals surface area contributed by atoms with Crippen molar-refractivity contribution in [1.82, 2.24) is 5.32 Å². The van der Waals surface area contributed by atoms with Crippen LogP contribution in [0.5, 0.6) is 5.75 Å². The molecule has 0 spiro atoms. The highest BCUT2D eigenvalue weighted by Gasteiger charge is 2.14. The van der Waals surface area contributed by atoms with Gasteiger partial charge in [0.1, 0.15) is 11.3 Å². The maximum atomic E-state index is 11.4. The lowest BCUT2D eigenvalue weighted by Crippen LogP contribution is -2.31. The lowest BCUT2D eigenvalue weighted by Gasteiger charge is -2.12. The molecule has 0 aliphatic rings. The molecule has 19 heavy (non-hydrogen) atoms. The van der Waals surface area contributed by atoms with E-state index in [2.05, 4.69) is 21.2 Å². The number of halogens is 1. The van der Waals surface area contributed by atoms with E-state index in [0.717, 1.165) is 0 Å². The molecule has 0 aliphatic carbocycles. The largest absolute Gasteiger partial charge is 0.491 e. The van der Waals surface area contributed by atoms with Gasteiger partial charge in [0, 0.05) is 6.04 Å². The van der Waals surface area contributed by atoms with Gasteiger partial charge < -0.3 is 15.2 Å². The Hall–Kier alpha value is -1.56. The van der Waals surface area contributed by atoms with Crippen molar-refractivity contribution in [3.8, 4) is 5.75 Å². The maximum absolute atomic E-state index is 11.4. The molecule has 104 valence electrons. The minimum absolute atomic E-state index is 0.0682. The first-order valence-electron chi connectivity index (χ1n) is 5.85. The van der Waals surface area contributed by atoms with Crippen molar-refractivity contribution in [3.05, 3.63) is 28.2 Å². The van der Waals surface area contributed by atoms with Crippen LogP contribution in [0.1, 0.15) is 30.6 Å². The number of carbonyl (C=O) groups excluding carboxylic acids is 1. The zero-order valence-electron chi connectivity index (χ0n) is 10.8. The van der Waals surface area contributed by atoms with E-state index in [4.69, 9.17) is 9.84 Å². The third-order valence-electron chi connectivity index (χ3n) is 2.22. The number of carbonyl (C=O) groups is 2.